The van der Waals surface area contributed by atoms with Crippen LogP contribution in [0.15, 0.2) is 30.1 Å². The van der Waals surface area contributed by atoms with E-state index in [0.717, 1.165) is 0 Å². The predicted molar refractivity (Wildman–Crippen MR) is 182 cm³/mol. The molecule has 1 aromatic carbocycles. The summed E-state index contributed by atoms with van der Waals surface area (Å²) in [5, 5.41) is 11.3. The molecule has 0 aliphatic carbocycles. The Balaban J connectivity index is 1.20. The number of allylic oxidation sites excluding steroid dienone is 1. The Kier molecular flexibility index (Phi) is 16.3. The molecule has 3 rings (SSSR count). The van der Waals surface area contributed by atoms with Gasteiger partial charge in [0.1, 0.15) is 5.82 Å². The highest BCUT2D eigenvalue weighted by molar-refractivity contribution is 6.34. The zero-order valence-electron chi connectivity index (χ0n) is 28.3. The fraction of sp³-hybridized carbons (Fsp3) is 0.471. The molecule has 1 aromatic heterocycles. The second-order valence-corrected chi connectivity index (χ2v) is 11.2. The molecule has 268 valence electrons. The third-order valence-electron chi connectivity index (χ3n) is 7.46. The minimum absolute atomic E-state index is 0.170. The number of aromatic amines is 1. The van der Waals surface area contributed by atoms with E-state index in [1.807, 2.05) is 0 Å². The maximum atomic E-state index is 13.8. The molecule has 49 heavy (non-hydrogen) atoms. The van der Waals surface area contributed by atoms with Gasteiger partial charge in [0.15, 0.2) is 0 Å². The zero-order valence-corrected chi connectivity index (χ0v) is 28.3. The van der Waals surface area contributed by atoms with Crippen LogP contribution in [-0.2, 0) is 33.3 Å². The lowest BCUT2D eigenvalue weighted by molar-refractivity contribution is -0.140. The Morgan fingerprint density at radius 1 is 0.918 bits per heavy atom. The lowest BCUT2D eigenvalue weighted by Gasteiger charge is -2.09. The SMILES string of the molecule is COC(=O)CCC/C(N)=C\NCCOCCOCCOCCC(=O)NCCNC(=O)c1c(C)[nH]c(C=C2C(=O)Nc3ccc(F)cc32)c1C. The van der Waals surface area contributed by atoms with Gasteiger partial charge in [-0.2, -0.15) is 0 Å². The Hall–Kier alpha value is -4.73. The van der Waals surface area contributed by atoms with E-state index in [0.29, 0.717) is 104 Å². The molecule has 14 nitrogen and oxygen atoms in total. The number of methoxy groups -OCH3 is 1. The average Bonchev–Trinajstić information content (AvgIpc) is 3.53. The fourth-order valence-corrected chi connectivity index (χ4v) is 4.91. The van der Waals surface area contributed by atoms with Crippen LogP contribution in [0.1, 0.15) is 58.6 Å². The van der Waals surface area contributed by atoms with E-state index in [-0.39, 0.29) is 49.8 Å². The number of esters is 1. The van der Waals surface area contributed by atoms with Crippen molar-refractivity contribution >= 4 is 41.0 Å². The van der Waals surface area contributed by atoms with E-state index in [4.69, 9.17) is 19.9 Å². The number of rotatable bonds is 22. The van der Waals surface area contributed by atoms with Gasteiger partial charge in [0.25, 0.3) is 11.8 Å². The van der Waals surface area contributed by atoms with Crippen molar-refractivity contribution in [1.82, 2.24) is 20.9 Å². The molecule has 1 aliphatic rings. The largest absolute Gasteiger partial charge is 0.469 e. The van der Waals surface area contributed by atoms with Crippen LogP contribution >= 0.6 is 0 Å². The van der Waals surface area contributed by atoms with Gasteiger partial charge in [0.2, 0.25) is 5.91 Å². The summed E-state index contributed by atoms with van der Waals surface area (Å²) in [6.45, 7) is 6.84. The van der Waals surface area contributed by atoms with Gasteiger partial charge in [0, 0.05) is 67.0 Å². The molecular formula is C34H47FN6O8. The van der Waals surface area contributed by atoms with Gasteiger partial charge in [-0.1, -0.05) is 0 Å². The van der Waals surface area contributed by atoms with E-state index in [1.54, 1.807) is 26.1 Å². The standard InChI is InChI=1S/C34H47FN6O8/c1-22-29(20-27-26-19-24(35)7-8-28(26)41-33(27)44)40-23(2)32(22)34(45)39-11-10-38-30(42)9-13-47-15-17-49-18-16-48-14-12-37-21-25(36)5-4-6-31(43)46-3/h7-8,19-21,37,40H,4-6,9-18,36H2,1-3H3,(H,38,42)(H,39,45)(H,41,44)/b25-21+,27-20?. The number of aromatic nitrogens is 1. The van der Waals surface area contributed by atoms with E-state index >= 15 is 0 Å². The van der Waals surface area contributed by atoms with Gasteiger partial charge in [-0.25, -0.2) is 4.39 Å². The quantitative estimate of drug-likeness (QED) is 0.0608. The van der Waals surface area contributed by atoms with Crippen LogP contribution in [0, 0.1) is 19.7 Å². The van der Waals surface area contributed by atoms with E-state index in [9.17, 15) is 23.6 Å². The second kappa shape index (κ2) is 20.6. The summed E-state index contributed by atoms with van der Waals surface area (Å²) in [4.78, 5) is 51.7. The van der Waals surface area contributed by atoms with Crippen LogP contribution in [0.5, 0.6) is 0 Å². The minimum Gasteiger partial charge on any atom is -0.469 e. The maximum Gasteiger partial charge on any atom is 0.305 e. The molecule has 0 fully saturated rings. The Labute approximate surface area is 285 Å². The van der Waals surface area contributed by atoms with Crippen molar-refractivity contribution in [3.8, 4) is 0 Å². The number of anilines is 1. The summed E-state index contributed by atoms with van der Waals surface area (Å²) < 4.78 is 34.8. The van der Waals surface area contributed by atoms with Crippen molar-refractivity contribution in [1.29, 1.82) is 0 Å². The first-order valence-electron chi connectivity index (χ1n) is 16.2. The third kappa shape index (κ3) is 13.0. The number of carbonyl (C=O) groups is 4. The number of nitrogens with two attached hydrogens (primary N) is 1. The molecule has 0 unspecified atom stereocenters. The van der Waals surface area contributed by atoms with Gasteiger partial charge in [-0.3, -0.25) is 19.2 Å². The number of carbonyl (C=O) groups excluding carboxylic acids is 4. The molecule has 0 saturated heterocycles. The normalized spacial score (nSPS) is 13.3. The first-order chi connectivity index (χ1) is 23.6. The molecule has 2 aromatic rings. The van der Waals surface area contributed by atoms with Gasteiger partial charge in [-0.15, -0.1) is 0 Å². The molecule has 7 N–H and O–H groups in total. The first-order valence-corrected chi connectivity index (χ1v) is 16.2. The van der Waals surface area contributed by atoms with Crippen molar-refractivity contribution in [2.24, 2.45) is 5.73 Å². The van der Waals surface area contributed by atoms with Crippen LogP contribution in [0.25, 0.3) is 11.6 Å². The molecule has 0 spiro atoms. The molecule has 2 heterocycles. The van der Waals surface area contributed by atoms with Crippen molar-refractivity contribution in [3.63, 3.8) is 0 Å². The summed E-state index contributed by atoms with van der Waals surface area (Å²) in [5.74, 6) is -1.57. The molecule has 0 bridgehead atoms. The number of amides is 3. The molecule has 15 heteroatoms. The highest BCUT2D eigenvalue weighted by atomic mass is 19.1. The van der Waals surface area contributed by atoms with E-state index < -0.39 is 5.82 Å². The minimum atomic E-state index is -0.451. The molecule has 1 aliphatic heterocycles. The average molecular weight is 687 g/mol. The molecule has 0 saturated carbocycles. The smallest absolute Gasteiger partial charge is 0.305 e. The Morgan fingerprint density at radius 3 is 2.35 bits per heavy atom. The summed E-state index contributed by atoms with van der Waals surface area (Å²) in [5.41, 5.74) is 10.1. The van der Waals surface area contributed by atoms with E-state index in [2.05, 4.69) is 31.0 Å². The summed E-state index contributed by atoms with van der Waals surface area (Å²) in [7, 11) is 1.36. The number of hydrogen-bond donors (Lipinski definition) is 6. The fourth-order valence-electron chi connectivity index (χ4n) is 4.91. The summed E-state index contributed by atoms with van der Waals surface area (Å²) in [6, 6.07) is 4.09. The number of benzene rings is 1. The second-order valence-electron chi connectivity index (χ2n) is 11.2. The molecular weight excluding hydrogens is 639 g/mol. The number of nitrogens with one attached hydrogen (secondary N) is 5. The number of ether oxygens (including phenoxy) is 4. The summed E-state index contributed by atoms with van der Waals surface area (Å²) >= 11 is 0. The number of halogens is 1. The number of hydrogen-bond acceptors (Lipinski definition) is 10. The molecule has 0 atom stereocenters. The summed E-state index contributed by atoms with van der Waals surface area (Å²) in [6.07, 6.45) is 5.06. The maximum absolute atomic E-state index is 13.8. The van der Waals surface area contributed by atoms with E-state index in [1.165, 1.54) is 25.3 Å². The van der Waals surface area contributed by atoms with Gasteiger partial charge in [-0.05, 0) is 56.5 Å². The predicted octanol–water partition coefficient (Wildman–Crippen LogP) is 2.28. The Morgan fingerprint density at radius 2 is 1.61 bits per heavy atom. The van der Waals surface area contributed by atoms with Crippen molar-refractivity contribution in [3.05, 3.63) is 64.0 Å². The van der Waals surface area contributed by atoms with Gasteiger partial charge >= 0.3 is 5.97 Å². The third-order valence-corrected chi connectivity index (χ3v) is 7.46. The van der Waals surface area contributed by atoms with Crippen LogP contribution in [0.3, 0.4) is 0 Å². The lowest BCUT2D eigenvalue weighted by Crippen LogP contribution is -2.35. The van der Waals surface area contributed by atoms with Crippen LogP contribution < -0.4 is 27.0 Å². The van der Waals surface area contributed by atoms with Gasteiger partial charge in [0.05, 0.1) is 57.9 Å². The Bertz CT molecular complexity index is 1510. The van der Waals surface area contributed by atoms with Crippen molar-refractivity contribution in [2.75, 3.05) is 71.7 Å². The number of fused-ring (bicyclic) bond motifs is 1. The number of H-pyrrole nitrogens is 1. The topological polar surface area (TPSA) is 195 Å². The molecule has 0 radical (unpaired) electrons. The number of aryl methyl sites for hydroxylation is 1. The first kappa shape index (κ1) is 38.7. The highest BCUT2D eigenvalue weighted by Crippen LogP contribution is 2.34. The highest BCUT2D eigenvalue weighted by Gasteiger charge is 2.26. The van der Waals surface area contributed by atoms with Crippen molar-refractivity contribution in [2.45, 2.75) is 39.5 Å². The zero-order chi connectivity index (χ0) is 35.6. The monoisotopic (exact) mass is 686 g/mol. The van der Waals surface area contributed by atoms with Crippen LogP contribution in [0.2, 0.25) is 0 Å². The van der Waals surface area contributed by atoms with Crippen LogP contribution in [0.4, 0.5) is 10.1 Å². The van der Waals surface area contributed by atoms with Gasteiger partial charge < -0.3 is 50.9 Å². The van der Waals surface area contributed by atoms with Crippen molar-refractivity contribution < 1.29 is 42.5 Å². The lowest BCUT2D eigenvalue weighted by atomic mass is 10.0. The van der Waals surface area contributed by atoms with Crippen LogP contribution in [-0.4, -0.2) is 95.1 Å². The molecule has 3 amide bonds.